The fraction of sp³-hybridized carbons (Fsp3) is 1.00. The average molecular weight is 263 g/mol. The lowest BCUT2D eigenvalue weighted by Crippen LogP contribution is -2.33. The number of hydrogen-bond donors (Lipinski definition) is 0. The highest BCUT2D eigenvalue weighted by Crippen LogP contribution is 2.12. The van der Waals surface area contributed by atoms with E-state index in [0.717, 1.165) is 26.2 Å². The molecule has 0 saturated carbocycles. The summed E-state index contributed by atoms with van der Waals surface area (Å²) >= 11 is 0. The van der Waals surface area contributed by atoms with Gasteiger partial charge in [0, 0.05) is 26.9 Å². The number of nitrogens with zero attached hydrogens (tertiary/aromatic N) is 1. The Labute approximate surface area is 107 Å². The molecule has 104 valence electrons. The third-order valence-electron chi connectivity index (χ3n) is 2.76. The molecule has 0 atom stereocenters. The van der Waals surface area contributed by atoms with Crippen molar-refractivity contribution in [3.05, 3.63) is 0 Å². The third kappa shape index (κ3) is 9.73. The molecule has 0 rings (SSSR count). The van der Waals surface area contributed by atoms with Crippen LogP contribution in [0.25, 0.3) is 0 Å². The Hall–Kier alpha value is 0.0569. The first-order chi connectivity index (χ1) is 8.05. The average Bonchev–Trinajstić information content (AvgIpc) is 2.31. The lowest BCUT2D eigenvalue weighted by Gasteiger charge is -2.24. The van der Waals surface area contributed by atoms with Crippen LogP contribution in [0.2, 0.25) is 19.1 Å². The summed E-state index contributed by atoms with van der Waals surface area (Å²) in [5.41, 5.74) is 0. The highest BCUT2D eigenvalue weighted by atomic mass is 28.4. The summed E-state index contributed by atoms with van der Waals surface area (Å²) in [4.78, 5) is 2.20. The maximum atomic E-state index is 5.54. The topological polar surface area (TPSA) is 30.9 Å². The van der Waals surface area contributed by atoms with E-state index in [9.17, 15) is 0 Å². The van der Waals surface area contributed by atoms with Crippen molar-refractivity contribution in [1.82, 2.24) is 4.90 Å². The lowest BCUT2D eigenvalue weighted by molar-refractivity contribution is -0.0388. The molecule has 0 aliphatic rings. The van der Waals surface area contributed by atoms with Gasteiger partial charge in [-0.3, -0.25) is 4.90 Å². The Morgan fingerprint density at radius 2 is 1.53 bits per heavy atom. The number of ether oxygens (including phenoxy) is 2. The largest absolute Gasteiger partial charge is 0.420 e. The molecule has 0 saturated heterocycles. The molecule has 0 spiro atoms. The predicted molar refractivity (Wildman–Crippen MR) is 73.6 cm³/mol. The lowest BCUT2D eigenvalue weighted by atomic mass is 10.4. The Balaban J connectivity index is 3.81. The van der Waals surface area contributed by atoms with Gasteiger partial charge in [-0.25, -0.2) is 0 Å². The molecule has 0 fully saturated rings. The van der Waals surface area contributed by atoms with Crippen LogP contribution in [0, 0.1) is 0 Å². The molecule has 0 radical (unpaired) electrons. The van der Waals surface area contributed by atoms with Crippen molar-refractivity contribution in [2.45, 2.75) is 39.4 Å². The summed E-state index contributed by atoms with van der Waals surface area (Å²) in [7, 11) is 0.409. The normalized spacial score (nSPS) is 12.4. The zero-order valence-electron chi connectivity index (χ0n) is 12.1. The van der Waals surface area contributed by atoms with E-state index in [1.54, 1.807) is 0 Å². The quantitative estimate of drug-likeness (QED) is 0.423. The molecule has 0 N–H and O–H groups in total. The molecule has 0 amide bonds. The van der Waals surface area contributed by atoms with Crippen molar-refractivity contribution in [1.29, 1.82) is 0 Å². The molecule has 0 aromatic heterocycles. The van der Waals surface area contributed by atoms with E-state index < -0.39 is 8.32 Å². The van der Waals surface area contributed by atoms with Gasteiger partial charge in [0.05, 0.1) is 0 Å². The van der Waals surface area contributed by atoms with Gasteiger partial charge in [0.15, 0.2) is 8.32 Å². The van der Waals surface area contributed by atoms with Crippen LogP contribution in [0.3, 0.4) is 0 Å². The molecular formula is C12H29NO3Si. The van der Waals surface area contributed by atoms with Crippen LogP contribution < -0.4 is 0 Å². The summed E-state index contributed by atoms with van der Waals surface area (Å²) in [5, 5.41) is 0. The molecular weight excluding hydrogens is 234 g/mol. The molecule has 0 unspecified atom stereocenters. The Morgan fingerprint density at radius 3 is 1.94 bits per heavy atom. The summed E-state index contributed by atoms with van der Waals surface area (Å²) in [6.07, 6.45) is 1.15. The van der Waals surface area contributed by atoms with Gasteiger partial charge < -0.3 is 13.9 Å². The van der Waals surface area contributed by atoms with Crippen LogP contribution in [0.5, 0.6) is 0 Å². The van der Waals surface area contributed by atoms with Crippen molar-refractivity contribution >= 4 is 8.32 Å². The highest BCUT2D eigenvalue weighted by molar-refractivity contribution is 6.71. The van der Waals surface area contributed by atoms with Crippen molar-refractivity contribution < 1.29 is 13.9 Å². The molecule has 17 heavy (non-hydrogen) atoms. The van der Waals surface area contributed by atoms with Crippen LogP contribution in [0.1, 0.15) is 20.3 Å². The molecule has 5 heteroatoms. The minimum Gasteiger partial charge on any atom is -0.420 e. The number of rotatable bonds is 11. The van der Waals surface area contributed by atoms with Crippen molar-refractivity contribution in [2.24, 2.45) is 0 Å². The Morgan fingerprint density at radius 1 is 1.00 bits per heavy atom. The predicted octanol–water partition coefficient (Wildman–Crippen LogP) is 2.52. The second-order valence-corrected chi connectivity index (χ2v) is 9.13. The van der Waals surface area contributed by atoms with Crippen molar-refractivity contribution in [3.8, 4) is 0 Å². The van der Waals surface area contributed by atoms with E-state index in [0.29, 0.717) is 13.5 Å². The van der Waals surface area contributed by atoms with E-state index in [2.05, 4.69) is 18.0 Å². The van der Waals surface area contributed by atoms with Crippen LogP contribution >= 0.6 is 0 Å². The van der Waals surface area contributed by atoms with Gasteiger partial charge in [-0.1, -0.05) is 0 Å². The van der Waals surface area contributed by atoms with E-state index in [1.165, 1.54) is 6.04 Å². The summed E-state index contributed by atoms with van der Waals surface area (Å²) in [6, 6.07) is 1.18. The molecule has 4 nitrogen and oxygen atoms in total. The fourth-order valence-corrected chi connectivity index (χ4v) is 2.65. The van der Waals surface area contributed by atoms with E-state index in [4.69, 9.17) is 13.9 Å². The SMILES string of the molecule is CCOCN(CCC[Si](C)(C)OC)COCC. The van der Waals surface area contributed by atoms with Gasteiger partial charge in [-0.15, -0.1) is 0 Å². The van der Waals surface area contributed by atoms with Gasteiger partial charge in [0.25, 0.3) is 0 Å². The maximum absolute atomic E-state index is 5.54. The van der Waals surface area contributed by atoms with Crippen LogP contribution in [-0.4, -0.2) is 53.5 Å². The fourth-order valence-electron chi connectivity index (χ4n) is 1.44. The Bertz CT molecular complexity index is 171. The smallest absolute Gasteiger partial charge is 0.186 e. The van der Waals surface area contributed by atoms with Crippen molar-refractivity contribution in [2.75, 3.05) is 40.3 Å². The van der Waals surface area contributed by atoms with Crippen molar-refractivity contribution in [3.63, 3.8) is 0 Å². The molecule has 0 heterocycles. The summed E-state index contributed by atoms with van der Waals surface area (Å²) < 4.78 is 16.4. The molecule has 0 aromatic rings. The monoisotopic (exact) mass is 263 g/mol. The van der Waals surface area contributed by atoms with E-state index in [-0.39, 0.29) is 0 Å². The standard InChI is InChI=1S/C12H29NO3Si/c1-6-15-11-13(12-16-7-2)9-8-10-17(4,5)14-3/h6-12H2,1-5H3. The minimum atomic E-state index is -1.41. The van der Waals surface area contributed by atoms with Gasteiger partial charge in [0.1, 0.15) is 13.5 Å². The zero-order chi connectivity index (χ0) is 13.1. The van der Waals surface area contributed by atoms with E-state index >= 15 is 0 Å². The van der Waals surface area contributed by atoms with Gasteiger partial charge >= 0.3 is 0 Å². The Kier molecular flexibility index (Phi) is 10.1. The first-order valence-electron chi connectivity index (χ1n) is 6.48. The second-order valence-electron chi connectivity index (χ2n) is 4.71. The van der Waals surface area contributed by atoms with Gasteiger partial charge in [-0.2, -0.15) is 0 Å². The van der Waals surface area contributed by atoms with E-state index in [1.807, 2.05) is 21.0 Å². The molecule has 0 bridgehead atoms. The van der Waals surface area contributed by atoms with Gasteiger partial charge in [0.2, 0.25) is 0 Å². The number of hydrogen-bond acceptors (Lipinski definition) is 4. The highest BCUT2D eigenvalue weighted by Gasteiger charge is 2.20. The molecule has 0 aromatic carbocycles. The minimum absolute atomic E-state index is 0.658. The maximum Gasteiger partial charge on any atom is 0.186 e. The molecule has 0 aliphatic heterocycles. The second kappa shape index (κ2) is 10.0. The third-order valence-corrected chi connectivity index (χ3v) is 5.42. The van der Waals surface area contributed by atoms with Crippen LogP contribution in [-0.2, 0) is 13.9 Å². The molecule has 0 aliphatic carbocycles. The summed E-state index contributed by atoms with van der Waals surface area (Å²) in [6.45, 7) is 12.4. The van der Waals surface area contributed by atoms with Crippen LogP contribution in [0.15, 0.2) is 0 Å². The van der Waals surface area contributed by atoms with Gasteiger partial charge in [-0.05, 0) is 39.4 Å². The first kappa shape index (κ1) is 17.1. The summed E-state index contributed by atoms with van der Waals surface area (Å²) in [5.74, 6) is 0. The first-order valence-corrected chi connectivity index (χ1v) is 9.60. The zero-order valence-corrected chi connectivity index (χ0v) is 13.1. The van der Waals surface area contributed by atoms with Crippen LogP contribution in [0.4, 0.5) is 0 Å².